The molecule has 0 bridgehead atoms. The van der Waals surface area contributed by atoms with Gasteiger partial charge in [0.2, 0.25) is 0 Å². The minimum Gasteiger partial charge on any atom is -0.305 e. The maximum absolute atomic E-state index is 14.9. The summed E-state index contributed by atoms with van der Waals surface area (Å²) in [7, 11) is 0. The topological polar surface area (TPSA) is 61.0 Å². The van der Waals surface area contributed by atoms with Gasteiger partial charge in [0.25, 0.3) is 0 Å². The molecule has 0 fully saturated rings. The summed E-state index contributed by atoms with van der Waals surface area (Å²) in [5.74, 6) is 0. The lowest BCUT2D eigenvalue weighted by molar-refractivity contribution is 0.0314. The van der Waals surface area contributed by atoms with E-state index in [1.165, 1.54) is 5.56 Å². The molecule has 6 heteroatoms. The lowest BCUT2D eigenvalue weighted by Crippen LogP contribution is -2.30. The average Bonchev–Trinajstić information content (AvgIpc) is 3.27. The lowest BCUT2D eigenvalue weighted by atomic mass is 9.85. The van der Waals surface area contributed by atoms with Crippen molar-refractivity contribution in [1.29, 1.82) is 0 Å². The number of aromatic amines is 1. The van der Waals surface area contributed by atoms with Gasteiger partial charge in [0.1, 0.15) is 0 Å². The Kier molecular flexibility index (Phi) is 4.13. The molecule has 1 aliphatic rings. The first kappa shape index (κ1) is 17.5. The highest BCUT2D eigenvalue weighted by atomic mass is 19.2. The first-order valence-electron chi connectivity index (χ1n) is 9.16. The van der Waals surface area contributed by atoms with E-state index < -0.39 is 12.1 Å². The number of aromatic nitrogens is 2. The summed E-state index contributed by atoms with van der Waals surface area (Å²) in [6, 6.07) is 10.2. The van der Waals surface area contributed by atoms with E-state index in [0.717, 1.165) is 28.5 Å². The molecule has 1 unspecified atom stereocenters. The van der Waals surface area contributed by atoms with Crippen LogP contribution in [0.5, 0.6) is 0 Å². The van der Waals surface area contributed by atoms with Gasteiger partial charge in [-0.3, -0.25) is 5.10 Å². The van der Waals surface area contributed by atoms with E-state index in [0.29, 0.717) is 17.2 Å². The Morgan fingerprint density at radius 3 is 2.89 bits per heavy atom. The van der Waals surface area contributed by atoms with Crippen LogP contribution >= 0.6 is 0 Å². The Morgan fingerprint density at radius 2 is 2.11 bits per heavy atom. The number of nitrogens with zero attached hydrogens (tertiary/aromatic N) is 2. The first-order chi connectivity index (χ1) is 12.8. The number of hydrogen-bond acceptors (Lipinski definition) is 2. The maximum Gasteiger partial charge on any atom is 0.350 e. The van der Waals surface area contributed by atoms with Gasteiger partial charge >= 0.3 is 6.03 Å². The number of halogens is 1. The molecule has 27 heavy (non-hydrogen) atoms. The number of benzene rings is 2. The number of amides is 2. The third-order valence-corrected chi connectivity index (χ3v) is 5.25. The normalized spacial score (nSPS) is 16.4. The lowest BCUT2D eigenvalue weighted by Gasteiger charge is -2.23. The summed E-state index contributed by atoms with van der Waals surface area (Å²) >= 11 is 0. The second-order valence-electron chi connectivity index (χ2n) is 8.10. The Bertz CT molecular complexity index is 1000. The summed E-state index contributed by atoms with van der Waals surface area (Å²) in [6.07, 6.45) is 2.98. The SMILES string of the molecule is CC(C)(C)c1ccc2c(c1)CCC2N(F)C(=O)Nc1cccc2[nH]ncc12. The molecule has 0 radical (unpaired) electrons. The fourth-order valence-electron chi connectivity index (χ4n) is 3.68. The van der Waals surface area contributed by atoms with Gasteiger partial charge in [-0.15, -0.1) is 0 Å². The van der Waals surface area contributed by atoms with Crippen molar-refractivity contribution in [2.45, 2.75) is 45.1 Å². The van der Waals surface area contributed by atoms with E-state index in [1.54, 1.807) is 18.3 Å². The molecule has 2 N–H and O–H groups in total. The summed E-state index contributed by atoms with van der Waals surface area (Å²) in [5, 5.41) is 10.5. The summed E-state index contributed by atoms with van der Waals surface area (Å²) in [5.41, 5.74) is 4.61. The molecular formula is C21H23FN4O. The number of nitrogens with one attached hydrogen (secondary N) is 2. The number of carbonyl (C=O) groups is 1. The molecule has 0 saturated heterocycles. The van der Waals surface area contributed by atoms with Crippen LogP contribution in [-0.4, -0.2) is 21.4 Å². The Morgan fingerprint density at radius 1 is 1.30 bits per heavy atom. The number of rotatable bonds is 2. The van der Waals surface area contributed by atoms with Crippen LogP contribution in [0.4, 0.5) is 15.0 Å². The number of anilines is 1. The molecule has 1 aliphatic carbocycles. The first-order valence-corrected chi connectivity index (χ1v) is 9.16. The van der Waals surface area contributed by atoms with Crippen LogP contribution < -0.4 is 5.32 Å². The van der Waals surface area contributed by atoms with Gasteiger partial charge in [-0.05, 0) is 47.1 Å². The van der Waals surface area contributed by atoms with E-state index in [2.05, 4.69) is 42.4 Å². The zero-order chi connectivity index (χ0) is 19.2. The molecule has 5 nitrogen and oxygen atoms in total. The third-order valence-electron chi connectivity index (χ3n) is 5.25. The largest absolute Gasteiger partial charge is 0.350 e. The van der Waals surface area contributed by atoms with Gasteiger partial charge in [0, 0.05) is 5.39 Å². The van der Waals surface area contributed by atoms with Gasteiger partial charge in [-0.1, -0.05) is 49.5 Å². The second kappa shape index (κ2) is 6.37. The van der Waals surface area contributed by atoms with E-state index in [-0.39, 0.29) is 5.41 Å². The van der Waals surface area contributed by atoms with Crippen molar-refractivity contribution in [1.82, 2.24) is 15.3 Å². The molecular weight excluding hydrogens is 343 g/mol. The predicted octanol–water partition coefficient (Wildman–Crippen LogP) is 5.27. The van der Waals surface area contributed by atoms with Crippen LogP contribution in [0.3, 0.4) is 0 Å². The summed E-state index contributed by atoms with van der Waals surface area (Å²) in [4.78, 5) is 12.5. The van der Waals surface area contributed by atoms with Crippen molar-refractivity contribution in [3.05, 3.63) is 59.3 Å². The van der Waals surface area contributed by atoms with E-state index in [1.807, 2.05) is 18.2 Å². The molecule has 1 atom stereocenters. The standard InChI is InChI=1S/C21H23FN4O/c1-21(2,3)14-8-9-15-13(11-14)7-10-19(15)26(22)20(27)24-17-5-4-6-18-16(17)12-23-25-18/h4-6,8-9,11-12,19H,7,10H2,1-3H3,(H,23,25)(H,24,27). The van der Waals surface area contributed by atoms with E-state index >= 15 is 0 Å². The number of carbonyl (C=O) groups excluding carboxylic acids is 1. The van der Waals surface area contributed by atoms with Gasteiger partial charge in [0.05, 0.1) is 23.4 Å². The van der Waals surface area contributed by atoms with Gasteiger partial charge in [-0.25, -0.2) is 4.79 Å². The van der Waals surface area contributed by atoms with Crippen LogP contribution in [-0.2, 0) is 11.8 Å². The molecule has 0 spiro atoms. The highest BCUT2D eigenvalue weighted by Crippen LogP contribution is 2.38. The minimum absolute atomic E-state index is 0.0448. The van der Waals surface area contributed by atoms with Crippen LogP contribution in [0.1, 0.15) is 49.9 Å². The van der Waals surface area contributed by atoms with Crippen LogP contribution in [0.25, 0.3) is 10.9 Å². The molecule has 2 amide bonds. The Hall–Kier alpha value is -2.89. The molecule has 1 heterocycles. The smallest absolute Gasteiger partial charge is 0.305 e. The fraction of sp³-hybridized carbons (Fsp3) is 0.333. The number of hydrogen-bond donors (Lipinski definition) is 2. The Labute approximate surface area is 157 Å². The molecule has 0 aliphatic heterocycles. The Balaban J connectivity index is 1.55. The molecule has 4 rings (SSSR count). The van der Waals surface area contributed by atoms with Crippen molar-refractivity contribution in [3.63, 3.8) is 0 Å². The van der Waals surface area contributed by atoms with Crippen molar-refractivity contribution >= 4 is 22.6 Å². The van der Waals surface area contributed by atoms with E-state index in [4.69, 9.17) is 0 Å². The highest BCUT2D eigenvalue weighted by Gasteiger charge is 2.32. The molecule has 1 aromatic heterocycles. The van der Waals surface area contributed by atoms with Crippen molar-refractivity contribution in [2.24, 2.45) is 0 Å². The average molecular weight is 366 g/mol. The number of fused-ring (bicyclic) bond motifs is 2. The number of H-pyrrole nitrogens is 1. The number of urea groups is 1. The maximum atomic E-state index is 14.9. The summed E-state index contributed by atoms with van der Waals surface area (Å²) in [6.45, 7) is 6.48. The van der Waals surface area contributed by atoms with Gasteiger partial charge < -0.3 is 5.32 Å². The highest BCUT2D eigenvalue weighted by molar-refractivity contribution is 6.00. The van der Waals surface area contributed by atoms with Crippen molar-refractivity contribution < 1.29 is 9.28 Å². The van der Waals surface area contributed by atoms with Crippen molar-refractivity contribution in [3.8, 4) is 0 Å². The molecule has 0 saturated carbocycles. The fourth-order valence-corrected chi connectivity index (χ4v) is 3.68. The van der Waals surface area contributed by atoms with Crippen LogP contribution in [0.2, 0.25) is 0 Å². The zero-order valence-electron chi connectivity index (χ0n) is 15.7. The third kappa shape index (κ3) is 3.16. The molecule has 3 aromatic rings. The van der Waals surface area contributed by atoms with Gasteiger partial charge in [-0.2, -0.15) is 10.2 Å². The molecule has 140 valence electrons. The molecule has 2 aromatic carbocycles. The predicted molar refractivity (Wildman–Crippen MR) is 104 cm³/mol. The monoisotopic (exact) mass is 366 g/mol. The minimum atomic E-state index is -0.763. The van der Waals surface area contributed by atoms with Crippen molar-refractivity contribution in [2.75, 3.05) is 5.32 Å². The van der Waals surface area contributed by atoms with E-state index in [9.17, 15) is 9.28 Å². The zero-order valence-corrected chi connectivity index (χ0v) is 15.7. The summed E-state index contributed by atoms with van der Waals surface area (Å²) < 4.78 is 14.9. The van der Waals surface area contributed by atoms with Gasteiger partial charge in [0.15, 0.2) is 0 Å². The van der Waals surface area contributed by atoms with Crippen LogP contribution in [0, 0.1) is 0 Å². The van der Waals surface area contributed by atoms with Crippen LogP contribution in [0.15, 0.2) is 42.6 Å². The number of aryl methyl sites for hydroxylation is 1. The quantitative estimate of drug-likeness (QED) is 0.607. The second-order valence-corrected chi connectivity index (χ2v) is 8.10.